The van der Waals surface area contributed by atoms with Gasteiger partial charge in [0.25, 0.3) is 0 Å². The van der Waals surface area contributed by atoms with Crippen LogP contribution in [-0.2, 0) is 23.0 Å². The van der Waals surface area contributed by atoms with Gasteiger partial charge in [0.1, 0.15) is 11.9 Å². The predicted octanol–water partition coefficient (Wildman–Crippen LogP) is -0.480. The topological polar surface area (TPSA) is 56.2 Å². The van der Waals surface area contributed by atoms with E-state index in [-0.39, 0.29) is 11.9 Å². The number of aromatic nitrogens is 2. The SMILES string of the molecule is Cn1ccnc1CC(=O)C1CNCCO1. The van der Waals surface area contributed by atoms with Gasteiger partial charge in [0, 0.05) is 32.5 Å². The van der Waals surface area contributed by atoms with E-state index in [1.165, 1.54) is 0 Å². The molecule has 82 valence electrons. The van der Waals surface area contributed by atoms with Crippen molar-refractivity contribution in [1.82, 2.24) is 14.9 Å². The van der Waals surface area contributed by atoms with Crippen molar-refractivity contribution in [2.45, 2.75) is 12.5 Å². The maximum atomic E-state index is 11.8. The highest BCUT2D eigenvalue weighted by atomic mass is 16.5. The molecule has 1 aliphatic heterocycles. The Bertz CT molecular complexity index is 342. The number of morpholine rings is 1. The Morgan fingerprint density at radius 3 is 3.27 bits per heavy atom. The number of rotatable bonds is 3. The first-order valence-electron chi connectivity index (χ1n) is 5.08. The first-order valence-corrected chi connectivity index (χ1v) is 5.08. The molecule has 1 aliphatic rings. The van der Waals surface area contributed by atoms with Gasteiger partial charge in [0.05, 0.1) is 13.0 Å². The van der Waals surface area contributed by atoms with Gasteiger partial charge in [-0.3, -0.25) is 4.79 Å². The zero-order valence-corrected chi connectivity index (χ0v) is 8.77. The Kier molecular flexibility index (Phi) is 3.13. The molecule has 5 heteroatoms. The van der Waals surface area contributed by atoms with Crippen LogP contribution in [0, 0.1) is 0 Å². The van der Waals surface area contributed by atoms with Crippen LogP contribution in [-0.4, -0.2) is 41.1 Å². The zero-order valence-electron chi connectivity index (χ0n) is 8.77. The minimum absolute atomic E-state index is 0.0940. The van der Waals surface area contributed by atoms with Crippen LogP contribution in [0.15, 0.2) is 12.4 Å². The molecule has 1 atom stereocenters. The Balaban J connectivity index is 1.94. The third-order valence-electron chi connectivity index (χ3n) is 2.54. The van der Waals surface area contributed by atoms with Crippen molar-refractivity contribution in [2.24, 2.45) is 7.05 Å². The van der Waals surface area contributed by atoms with E-state index < -0.39 is 0 Å². The van der Waals surface area contributed by atoms with Crippen molar-refractivity contribution >= 4 is 5.78 Å². The molecule has 1 fully saturated rings. The maximum absolute atomic E-state index is 11.8. The third-order valence-corrected chi connectivity index (χ3v) is 2.54. The molecule has 0 bridgehead atoms. The summed E-state index contributed by atoms with van der Waals surface area (Å²) in [7, 11) is 1.88. The van der Waals surface area contributed by atoms with Crippen molar-refractivity contribution in [3.8, 4) is 0 Å². The highest BCUT2D eigenvalue weighted by molar-refractivity contribution is 5.85. The van der Waals surface area contributed by atoms with E-state index in [0.29, 0.717) is 19.6 Å². The first-order chi connectivity index (χ1) is 7.27. The molecule has 5 nitrogen and oxygen atoms in total. The van der Waals surface area contributed by atoms with E-state index in [4.69, 9.17) is 4.74 Å². The minimum Gasteiger partial charge on any atom is -0.368 e. The summed E-state index contributed by atoms with van der Waals surface area (Å²) >= 11 is 0. The molecule has 1 N–H and O–H groups in total. The van der Waals surface area contributed by atoms with Crippen LogP contribution in [0.5, 0.6) is 0 Å². The van der Waals surface area contributed by atoms with Crippen molar-refractivity contribution in [3.63, 3.8) is 0 Å². The predicted molar refractivity (Wildman–Crippen MR) is 54.5 cm³/mol. The first kappa shape index (κ1) is 10.3. The third kappa shape index (κ3) is 2.43. The Labute approximate surface area is 88.4 Å². The average molecular weight is 209 g/mol. The average Bonchev–Trinajstić information content (AvgIpc) is 2.66. The van der Waals surface area contributed by atoms with Gasteiger partial charge in [-0.2, -0.15) is 0 Å². The lowest BCUT2D eigenvalue weighted by Gasteiger charge is -2.22. The van der Waals surface area contributed by atoms with E-state index in [1.54, 1.807) is 6.20 Å². The summed E-state index contributed by atoms with van der Waals surface area (Å²) in [4.78, 5) is 15.9. The van der Waals surface area contributed by atoms with Gasteiger partial charge in [-0.15, -0.1) is 0 Å². The highest BCUT2D eigenvalue weighted by Gasteiger charge is 2.22. The highest BCUT2D eigenvalue weighted by Crippen LogP contribution is 2.03. The van der Waals surface area contributed by atoms with Gasteiger partial charge in [0.15, 0.2) is 5.78 Å². The number of hydrogen-bond donors (Lipinski definition) is 1. The van der Waals surface area contributed by atoms with Crippen LogP contribution in [0.2, 0.25) is 0 Å². The van der Waals surface area contributed by atoms with Gasteiger partial charge in [0.2, 0.25) is 0 Å². The fraction of sp³-hybridized carbons (Fsp3) is 0.600. The monoisotopic (exact) mass is 209 g/mol. The van der Waals surface area contributed by atoms with Crippen LogP contribution in [0.1, 0.15) is 5.82 Å². The Morgan fingerprint density at radius 1 is 1.80 bits per heavy atom. The van der Waals surface area contributed by atoms with Crippen LogP contribution in [0.25, 0.3) is 0 Å². The van der Waals surface area contributed by atoms with Crippen LogP contribution in [0.3, 0.4) is 0 Å². The summed E-state index contributed by atoms with van der Waals surface area (Å²) in [5.41, 5.74) is 0. The lowest BCUT2D eigenvalue weighted by atomic mass is 10.1. The van der Waals surface area contributed by atoms with Crippen LogP contribution in [0.4, 0.5) is 0 Å². The van der Waals surface area contributed by atoms with E-state index in [0.717, 1.165) is 12.4 Å². The van der Waals surface area contributed by atoms with Crippen molar-refractivity contribution in [2.75, 3.05) is 19.7 Å². The van der Waals surface area contributed by atoms with Crippen LogP contribution < -0.4 is 5.32 Å². The number of ether oxygens (including phenoxy) is 1. The van der Waals surface area contributed by atoms with Gasteiger partial charge >= 0.3 is 0 Å². The largest absolute Gasteiger partial charge is 0.368 e. The minimum atomic E-state index is -0.310. The van der Waals surface area contributed by atoms with Gasteiger partial charge in [-0.05, 0) is 0 Å². The molecular formula is C10H15N3O2. The molecule has 1 aromatic rings. The molecule has 0 aromatic carbocycles. The Morgan fingerprint density at radius 2 is 2.67 bits per heavy atom. The second-order valence-electron chi connectivity index (χ2n) is 3.66. The fourth-order valence-electron chi connectivity index (χ4n) is 1.61. The second kappa shape index (κ2) is 4.55. The number of nitrogens with zero attached hydrogens (tertiary/aromatic N) is 2. The number of imidazole rings is 1. The standard InChI is InChI=1S/C10H15N3O2/c1-13-4-2-12-10(13)6-8(14)9-7-11-3-5-15-9/h2,4,9,11H,3,5-7H2,1H3. The number of carbonyl (C=O) groups excluding carboxylic acids is 1. The summed E-state index contributed by atoms with van der Waals surface area (Å²) in [6.45, 7) is 2.05. The molecule has 0 radical (unpaired) electrons. The lowest BCUT2D eigenvalue weighted by molar-refractivity contribution is -0.131. The van der Waals surface area contributed by atoms with Crippen molar-refractivity contribution < 1.29 is 9.53 Å². The van der Waals surface area contributed by atoms with E-state index in [1.807, 2.05) is 17.8 Å². The van der Waals surface area contributed by atoms with Gasteiger partial charge in [-0.25, -0.2) is 4.98 Å². The van der Waals surface area contributed by atoms with E-state index in [2.05, 4.69) is 10.3 Å². The number of Topliss-reactive ketones (excluding diaryl/α,β-unsaturated/α-hetero) is 1. The Hall–Kier alpha value is -1.20. The van der Waals surface area contributed by atoms with Crippen LogP contribution >= 0.6 is 0 Å². The smallest absolute Gasteiger partial charge is 0.170 e. The molecule has 0 saturated carbocycles. The zero-order chi connectivity index (χ0) is 10.7. The van der Waals surface area contributed by atoms with Crippen molar-refractivity contribution in [1.29, 1.82) is 0 Å². The maximum Gasteiger partial charge on any atom is 0.170 e. The fourth-order valence-corrected chi connectivity index (χ4v) is 1.61. The normalized spacial score (nSPS) is 21.5. The number of nitrogens with one attached hydrogen (secondary N) is 1. The summed E-state index contributed by atoms with van der Waals surface area (Å²) in [6, 6.07) is 0. The molecule has 2 rings (SSSR count). The number of ketones is 1. The molecule has 2 heterocycles. The number of aryl methyl sites for hydroxylation is 1. The second-order valence-corrected chi connectivity index (χ2v) is 3.66. The molecule has 0 amide bonds. The molecule has 15 heavy (non-hydrogen) atoms. The molecule has 0 spiro atoms. The summed E-state index contributed by atoms with van der Waals surface area (Å²) in [5, 5.41) is 3.14. The number of hydrogen-bond acceptors (Lipinski definition) is 4. The number of carbonyl (C=O) groups is 1. The summed E-state index contributed by atoms with van der Waals surface area (Å²) in [6.07, 6.45) is 3.57. The summed E-state index contributed by atoms with van der Waals surface area (Å²) < 4.78 is 7.23. The quantitative estimate of drug-likeness (QED) is 0.730. The van der Waals surface area contributed by atoms with Gasteiger partial charge < -0.3 is 14.6 Å². The van der Waals surface area contributed by atoms with Gasteiger partial charge in [-0.1, -0.05) is 0 Å². The molecule has 1 saturated heterocycles. The molecule has 1 unspecified atom stereocenters. The van der Waals surface area contributed by atoms with E-state index in [9.17, 15) is 4.79 Å². The van der Waals surface area contributed by atoms with E-state index >= 15 is 0 Å². The van der Waals surface area contributed by atoms with Crippen molar-refractivity contribution in [3.05, 3.63) is 18.2 Å². The molecular weight excluding hydrogens is 194 g/mol. The molecule has 0 aliphatic carbocycles. The summed E-state index contributed by atoms with van der Waals surface area (Å²) in [5.74, 6) is 0.880. The lowest BCUT2D eigenvalue weighted by Crippen LogP contribution is -2.43. The molecule has 1 aromatic heterocycles.